The molecule has 0 unspecified atom stereocenters. The van der Waals surface area contributed by atoms with Crippen LogP contribution in [0, 0.1) is 13.8 Å². The normalized spacial score (nSPS) is 10.3. The number of nitrogens with one attached hydrogen (secondary N) is 2. The van der Waals surface area contributed by atoms with Gasteiger partial charge in [-0.15, -0.1) is 11.3 Å². The van der Waals surface area contributed by atoms with Crippen LogP contribution < -0.4 is 10.6 Å². The van der Waals surface area contributed by atoms with E-state index in [2.05, 4.69) is 15.6 Å². The van der Waals surface area contributed by atoms with E-state index in [1.54, 1.807) is 11.3 Å². The van der Waals surface area contributed by atoms with Gasteiger partial charge in [0, 0.05) is 16.6 Å². The molecular formula is C18H17N3OS. The quantitative estimate of drug-likeness (QED) is 0.707. The zero-order valence-electron chi connectivity index (χ0n) is 13.0. The predicted octanol–water partition coefficient (Wildman–Crippen LogP) is 5.07. The minimum Gasteiger partial charge on any atom is -0.308 e. The van der Waals surface area contributed by atoms with E-state index in [0.717, 1.165) is 33.2 Å². The molecule has 2 amide bonds. The number of hydrogen-bond acceptors (Lipinski definition) is 3. The lowest BCUT2D eigenvalue weighted by Gasteiger charge is -2.11. The summed E-state index contributed by atoms with van der Waals surface area (Å²) in [6, 6.07) is 15.1. The van der Waals surface area contributed by atoms with Crippen molar-refractivity contribution in [1.29, 1.82) is 0 Å². The number of amides is 2. The van der Waals surface area contributed by atoms with E-state index < -0.39 is 0 Å². The number of thiazole rings is 1. The van der Waals surface area contributed by atoms with Crippen molar-refractivity contribution in [3.63, 3.8) is 0 Å². The number of carbonyl (C=O) groups excluding carboxylic acids is 1. The van der Waals surface area contributed by atoms with Crippen LogP contribution in [0.15, 0.2) is 53.9 Å². The van der Waals surface area contributed by atoms with Gasteiger partial charge >= 0.3 is 6.03 Å². The molecule has 1 heterocycles. The van der Waals surface area contributed by atoms with E-state index in [0.29, 0.717) is 0 Å². The number of para-hydroxylation sites is 1. The van der Waals surface area contributed by atoms with Gasteiger partial charge in [-0.2, -0.15) is 0 Å². The van der Waals surface area contributed by atoms with Gasteiger partial charge in [0.05, 0.1) is 16.4 Å². The molecule has 3 aromatic rings. The molecule has 0 saturated carbocycles. The van der Waals surface area contributed by atoms with Crippen molar-refractivity contribution in [2.45, 2.75) is 13.8 Å². The third kappa shape index (κ3) is 3.76. The molecule has 0 bridgehead atoms. The number of urea groups is 1. The van der Waals surface area contributed by atoms with Crippen LogP contribution in [0.5, 0.6) is 0 Å². The largest absolute Gasteiger partial charge is 0.323 e. The van der Waals surface area contributed by atoms with Crippen molar-refractivity contribution in [2.24, 2.45) is 0 Å². The monoisotopic (exact) mass is 323 g/mol. The van der Waals surface area contributed by atoms with E-state index in [1.807, 2.05) is 67.8 Å². The van der Waals surface area contributed by atoms with Gasteiger partial charge in [0.2, 0.25) is 0 Å². The molecule has 0 fully saturated rings. The van der Waals surface area contributed by atoms with Gasteiger partial charge < -0.3 is 10.6 Å². The summed E-state index contributed by atoms with van der Waals surface area (Å²) in [5.74, 6) is 0. The Hall–Kier alpha value is -2.66. The third-order valence-electron chi connectivity index (χ3n) is 3.38. The lowest BCUT2D eigenvalue weighted by Crippen LogP contribution is -2.19. The first-order valence-corrected chi connectivity index (χ1v) is 8.16. The number of aryl methyl sites for hydroxylation is 2. The Labute approximate surface area is 139 Å². The van der Waals surface area contributed by atoms with Crippen LogP contribution >= 0.6 is 11.3 Å². The lowest BCUT2D eigenvalue weighted by atomic mass is 10.1. The molecule has 4 nitrogen and oxygen atoms in total. The van der Waals surface area contributed by atoms with Crippen LogP contribution in [-0.2, 0) is 0 Å². The summed E-state index contributed by atoms with van der Waals surface area (Å²) < 4.78 is 0. The van der Waals surface area contributed by atoms with Crippen molar-refractivity contribution in [2.75, 3.05) is 10.6 Å². The van der Waals surface area contributed by atoms with E-state index in [-0.39, 0.29) is 6.03 Å². The lowest BCUT2D eigenvalue weighted by molar-refractivity contribution is 0.262. The second-order valence-corrected chi connectivity index (χ2v) is 6.30. The maximum Gasteiger partial charge on any atom is 0.323 e. The second kappa shape index (κ2) is 6.62. The first-order chi connectivity index (χ1) is 11.1. The Balaban J connectivity index is 1.77. The van der Waals surface area contributed by atoms with Crippen LogP contribution in [0.25, 0.3) is 11.3 Å². The highest BCUT2D eigenvalue weighted by atomic mass is 32.1. The van der Waals surface area contributed by atoms with Gasteiger partial charge in [-0.1, -0.05) is 35.9 Å². The maximum absolute atomic E-state index is 12.2. The first-order valence-electron chi connectivity index (χ1n) is 7.28. The molecule has 2 N–H and O–H groups in total. The number of benzene rings is 2. The molecular weight excluding hydrogens is 306 g/mol. The molecule has 0 aliphatic heterocycles. The molecule has 0 aliphatic carbocycles. The maximum atomic E-state index is 12.2. The topological polar surface area (TPSA) is 54.0 Å². The van der Waals surface area contributed by atoms with Crippen molar-refractivity contribution in [1.82, 2.24) is 4.98 Å². The first kappa shape index (κ1) is 15.2. The van der Waals surface area contributed by atoms with Crippen LogP contribution in [0.2, 0.25) is 0 Å². The Kier molecular flexibility index (Phi) is 4.39. The molecule has 5 heteroatoms. The molecule has 3 rings (SSSR count). The summed E-state index contributed by atoms with van der Waals surface area (Å²) in [7, 11) is 0. The highest BCUT2D eigenvalue weighted by Crippen LogP contribution is 2.28. The summed E-state index contributed by atoms with van der Waals surface area (Å²) in [5.41, 5.74) is 4.44. The third-order valence-corrected chi connectivity index (χ3v) is 4.15. The van der Waals surface area contributed by atoms with Crippen molar-refractivity contribution < 1.29 is 4.79 Å². The van der Waals surface area contributed by atoms with Gasteiger partial charge in [-0.05, 0) is 32.0 Å². The van der Waals surface area contributed by atoms with Crippen molar-refractivity contribution in [3.8, 4) is 11.3 Å². The van der Waals surface area contributed by atoms with Crippen molar-refractivity contribution in [3.05, 3.63) is 64.5 Å². The molecule has 23 heavy (non-hydrogen) atoms. The summed E-state index contributed by atoms with van der Waals surface area (Å²) in [4.78, 5) is 16.7. The molecule has 116 valence electrons. The molecule has 2 aromatic carbocycles. The smallest absolute Gasteiger partial charge is 0.308 e. The SMILES string of the molecule is Cc1ccc(NC(=O)Nc2ccccc2-c2csc(C)n2)cc1. The fraction of sp³-hybridized carbons (Fsp3) is 0.111. The van der Waals surface area contributed by atoms with Gasteiger partial charge in [-0.25, -0.2) is 9.78 Å². The second-order valence-electron chi connectivity index (χ2n) is 5.24. The Morgan fingerprint density at radius 2 is 1.74 bits per heavy atom. The molecule has 0 saturated heterocycles. The number of rotatable bonds is 3. The zero-order valence-corrected chi connectivity index (χ0v) is 13.8. The fourth-order valence-corrected chi connectivity index (χ4v) is 2.84. The average Bonchev–Trinajstić information content (AvgIpc) is 2.96. The van der Waals surface area contributed by atoms with Gasteiger partial charge in [0.25, 0.3) is 0 Å². The van der Waals surface area contributed by atoms with Gasteiger partial charge in [0.15, 0.2) is 0 Å². The number of nitrogens with zero attached hydrogens (tertiary/aromatic N) is 1. The predicted molar refractivity (Wildman–Crippen MR) is 96.1 cm³/mol. The van der Waals surface area contributed by atoms with Crippen molar-refractivity contribution >= 4 is 28.7 Å². The summed E-state index contributed by atoms with van der Waals surface area (Å²) in [6.07, 6.45) is 0. The molecule has 0 atom stereocenters. The van der Waals surface area contributed by atoms with E-state index >= 15 is 0 Å². The molecule has 0 spiro atoms. The number of anilines is 2. The Bertz CT molecular complexity index is 824. The Morgan fingerprint density at radius 1 is 1.00 bits per heavy atom. The van der Waals surface area contributed by atoms with Crippen LogP contribution in [-0.4, -0.2) is 11.0 Å². The standard InChI is InChI=1S/C18H17N3OS/c1-12-7-9-14(10-8-12)20-18(22)21-16-6-4-3-5-15(16)17-11-23-13(2)19-17/h3-11H,1-2H3,(H2,20,21,22). The van der Waals surface area contributed by atoms with Crippen LogP contribution in [0.1, 0.15) is 10.6 Å². The number of aromatic nitrogens is 1. The van der Waals surface area contributed by atoms with Gasteiger partial charge in [0.1, 0.15) is 0 Å². The summed E-state index contributed by atoms with van der Waals surface area (Å²) in [5, 5.41) is 8.72. The zero-order chi connectivity index (χ0) is 16.2. The highest BCUT2D eigenvalue weighted by molar-refractivity contribution is 7.09. The average molecular weight is 323 g/mol. The molecule has 0 radical (unpaired) electrons. The molecule has 0 aliphatic rings. The highest BCUT2D eigenvalue weighted by Gasteiger charge is 2.10. The van der Waals surface area contributed by atoms with Gasteiger partial charge in [-0.3, -0.25) is 0 Å². The molecule has 1 aromatic heterocycles. The van der Waals surface area contributed by atoms with E-state index in [4.69, 9.17) is 0 Å². The van der Waals surface area contributed by atoms with E-state index in [9.17, 15) is 4.79 Å². The van der Waals surface area contributed by atoms with E-state index in [1.165, 1.54) is 0 Å². The number of hydrogen-bond donors (Lipinski definition) is 2. The van der Waals surface area contributed by atoms with Crippen LogP contribution in [0.3, 0.4) is 0 Å². The minimum atomic E-state index is -0.270. The fourth-order valence-electron chi connectivity index (χ4n) is 2.22. The summed E-state index contributed by atoms with van der Waals surface area (Å²) >= 11 is 1.59. The number of carbonyl (C=O) groups is 1. The summed E-state index contributed by atoms with van der Waals surface area (Å²) in [6.45, 7) is 3.98. The Morgan fingerprint density at radius 3 is 2.43 bits per heavy atom. The van der Waals surface area contributed by atoms with Crippen LogP contribution in [0.4, 0.5) is 16.2 Å². The minimum absolute atomic E-state index is 0.270.